The molecule has 1 aromatic rings. The van der Waals surface area contributed by atoms with Crippen LogP contribution in [-0.4, -0.2) is 0 Å². The highest BCUT2D eigenvalue weighted by atomic mass is 79.9. The lowest BCUT2D eigenvalue weighted by molar-refractivity contribution is -0.144. The predicted molar refractivity (Wildman–Crippen MR) is 53.8 cm³/mol. The lowest BCUT2D eigenvalue weighted by Crippen LogP contribution is -2.16. The number of aryl methyl sites for hydroxylation is 1. The highest BCUT2D eigenvalue weighted by Gasteiger charge is 2.40. The zero-order chi connectivity index (χ0) is 13.4. The van der Waals surface area contributed by atoms with Crippen LogP contribution >= 0.6 is 15.9 Å². The second kappa shape index (κ2) is 4.51. The van der Waals surface area contributed by atoms with Gasteiger partial charge in [0.15, 0.2) is 0 Å². The molecule has 0 N–H and O–H groups in total. The van der Waals surface area contributed by atoms with E-state index < -0.39 is 34.4 Å². The van der Waals surface area contributed by atoms with Gasteiger partial charge in [-0.05, 0) is 30.2 Å². The van der Waals surface area contributed by atoms with Gasteiger partial charge in [0.05, 0.1) is 11.1 Å². The Kier molecular flexibility index (Phi) is 3.81. The summed E-state index contributed by atoms with van der Waals surface area (Å²) in [6.45, 7) is 1.20. The van der Waals surface area contributed by atoms with E-state index in [-0.39, 0.29) is 5.56 Å². The molecule has 0 saturated carbocycles. The molecule has 0 unspecified atom stereocenters. The van der Waals surface area contributed by atoms with Crippen molar-refractivity contribution < 1.29 is 26.3 Å². The van der Waals surface area contributed by atoms with Crippen molar-refractivity contribution in [1.82, 2.24) is 0 Å². The summed E-state index contributed by atoms with van der Waals surface area (Å²) in [5, 5.41) is -0.503. The van der Waals surface area contributed by atoms with Crippen LogP contribution < -0.4 is 0 Å². The second-order valence-corrected chi connectivity index (χ2v) is 4.03. The first-order valence-corrected chi connectivity index (χ1v) is 5.53. The average molecular weight is 321 g/mol. The number of hydrogen-bond acceptors (Lipinski definition) is 0. The Hall–Kier alpha value is -0.720. The van der Waals surface area contributed by atoms with Crippen molar-refractivity contribution in [3.05, 3.63) is 34.4 Å². The molecular weight excluding hydrogens is 314 g/mol. The smallest absolute Gasteiger partial charge is 0.166 e. The van der Waals surface area contributed by atoms with Crippen molar-refractivity contribution in [2.75, 3.05) is 0 Å². The molecule has 0 bridgehead atoms. The lowest BCUT2D eigenvalue weighted by Gasteiger charge is -2.18. The fourth-order valence-corrected chi connectivity index (χ4v) is 2.07. The van der Waals surface area contributed by atoms with E-state index in [4.69, 9.17) is 0 Å². The van der Waals surface area contributed by atoms with Crippen molar-refractivity contribution in [2.24, 2.45) is 0 Å². The molecule has 0 aliphatic heterocycles. The van der Waals surface area contributed by atoms with E-state index in [1.165, 1.54) is 6.92 Å². The van der Waals surface area contributed by atoms with Crippen molar-refractivity contribution in [1.29, 1.82) is 0 Å². The monoisotopic (exact) mass is 320 g/mol. The predicted octanol–water partition coefficient (Wildman–Crippen LogP) is 4.93. The Morgan fingerprint density at radius 3 is 1.53 bits per heavy atom. The summed E-state index contributed by atoms with van der Waals surface area (Å²) in [6, 6.07) is 1.43. The molecule has 0 spiro atoms. The van der Waals surface area contributed by atoms with Gasteiger partial charge in [0, 0.05) is 5.33 Å². The number of hydrogen-bond donors (Lipinski definition) is 0. The Morgan fingerprint density at radius 1 is 0.941 bits per heavy atom. The minimum absolute atomic E-state index is 0.0747. The first-order valence-electron chi connectivity index (χ1n) is 4.41. The third-order valence-electron chi connectivity index (χ3n) is 2.14. The normalized spacial score (nSPS) is 12.9. The Morgan fingerprint density at radius 2 is 1.29 bits per heavy atom. The van der Waals surface area contributed by atoms with Crippen molar-refractivity contribution in [3.8, 4) is 0 Å². The zero-order valence-corrected chi connectivity index (χ0v) is 10.1. The van der Waals surface area contributed by atoms with Crippen molar-refractivity contribution in [3.63, 3.8) is 0 Å². The number of benzene rings is 1. The van der Waals surface area contributed by atoms with Crippen LogP contribution in [0.15, 0.2) is 12.1 Å². The van der Waals surface area contributed by atoms with Gasteiger partial charge in [0.1, 0.15) is 0 Å². The molecule has 0 saturated heterocycles. The minimum Gasteiger partial charge on any atom is -0.166 e. The number of alkyl halides is 7. The maximum Gasteiger partial charge on any atom is 0.416 e. The van der Waals surface area contributed by atoms with E-state index in [0.29, 0.717) is 12.1 Å². The molecule has 96 valence electrons. The van der Waals surface area contributed by atoms with Crippen LogP contribution in [0.2, 0.25) is 0 Å². The molecular formula is C10H7BrF6. The maximum absolute atomic E-state index is 12.6. The van der Waals surface area contributed by atoms with E-state index >= 15 is 0 Å². The van der Waals surface area contributed by atoms with Gasteiger partial charge < -0.3 is 0 Å². The van der Waals surface area contributed by atoms with Crippen molar-refractivity contribution >= 4 is 15.9 Å². The molecule has 0 nitrogen and oxygen atoms in total. The molecule has 1 rings (SSSR count). The number of rotatable bonds is 1. The molecule has 7 heteroatoms. The molecule has 0 amide bonds. The SMILES string of the molecule is Cc1cc(C(F)(F)F)c(CBr)c(C(F)(F)F)c1. The maximum atomic E-state index is 12.6. The van der Waals surface area contributed by atoms with Crippen LogP contribution in [0.25, 0.3) is 0 Å². The molecule has 0 atom stereocenters. The van der Waals surface area contributed by atoms with Crippen LogP contribution in [0, 0.1) is 6.92 Å². The van der Waals surface area contributed by atoms with Gasteiger partial charge >= 0.3 is 12.4 Å². The van der Waals surface area contributed by atoms with Gasteiger partial charge in [-0.1, -0.05) is 15.9 Å². The lowest BCUT2D eigenvalue weighted by atomic mass is 9.98. The van der Waals surface area contributed by atoms with Gasteiger partial charge in [0.25, 0.3) is 0 Å². The average Bonchev–Trinajstić information content (AvgIpc) is 2.13. The molecule has 1 aromatic carbocycles. The first kappa shape index (κ1) is 14.3. The third-order valence-corrected chi connectivity index (χ3v) is 2.70. The van der Waals surface area contributed by atoms with E-state index in [2.05, 4.69) is 15.9 Å². The number of halogens is 7. The molecule has 0 heterocycles. The molecule has 0 radical (unpaired) electrons. The Labute approximate surface area is 102 Å². The van der Waals surface area contributed by atoms with E-state index in [1.807, 2.05) is 0 Å². The van der Waals surface area contributed by atoms with E-state index in [1.54, 1.807) is 0 Å². The third kappa shape index (κ3) is 3.14. The first-order chi connectivity index (χ1) is 7.57. The minimum atomic E-state index is -4.80. The summed E-state index contributed by atoms with van der Waals surface area (Å²) >= 11 is 2.67. The largest absolute Gasteiger partial charge is 0.416 e. The summed E-state index contributed by atoms with van der Waals surface area (Å²) in [4.78, 5) is 0. The fraction of sp³-hybridized carbons (Fsp3) is 0.400. The van der Waals surface area contributed by atoms with Gasteiger partial charge in [0.2, 0.25) is 0 Å². The Bertz CT molecular complexity index is 383. The van der Waals surface area contributed by atoms with E-state index in [0.717, 1.165) is 0 Å². The molecule has 0 aliphatic rings. The van der Waals surface area contributed by atoms with Crippen LogP contribution in [0.4, 0.5) is 26.3 Å². The zero-order valence-electron chi connectivity index (χ0n) is 8.51. The summed E-state index contributed by atoms with van der Waals surface area (Å²) < 4.78 is 75.6. The molecule has 0 fully saturated rings. The Balaban J connectivity index is 3.58. The standard InChI is InChI=1S/C10H7BrF6/c1-5-2-7(9(12,13)14)6(4-11)8(3-5)10(15,16)17/h2-3H,4H2,1H3. The van der Waals surface area contributed by atoms with Crippen molar-refractivity contribution in [2.45, 2.75) is 24.6 Å². The summed E-state index contributed by atoms with van der Waals surface area (Å²) in [5.41, 5.74) is -3.35. The second-order valence-electron chi connectivity index (χ2n) is 3.47. The summed E-state index contributed by atoms with van der Waals surface area (Å²) in [7, 11) is 0. The van der Waals surface area contributed by atoms with E-state index in [9.17, 15) is 26.3 Å². The summed E-state index contributed by atoms with van der Waals surface area (Å²) in [5.74, 6) is 0. The van der Waals surface area contributed by atoms with Crippen LogP contribution in [-0.2, 0) is 17.7 Å². The van der Waals surface area contributed by atoms with Gasteiger partial charge in [-0.3, -0.25) is 0 Å². The van der Waals surface area contributed by atoms with Gasteiger partial charge in [-0.2, -0.15) is 26.3 Å². The van der Waals surface area contributed by atoms with Crippen LogP contribution in [0.5, 0.6) is 0 Å². The molecule has 17 heavy (non-hydrogen) atoms. The van der Waals surface area contributed by atoms with Crippen LogP contribution in [0.3, 0.4) is 0 Å². The van der Waals surface area contributed by atoms with Crippen LogP contribution in [0.1, 0.15) is 22.3 Å². The molecule has 0 aromatic heterocycles. The topological polar surface area (TPSA) is 0 Å². The molecule has 0 aliphatic carbocycles. The summed E-state index contributed by atoms with van der Waals surface area (Å²) in [6.07, 6.45) is -9.59. The highest BCUT2D eigenvalue weighted by Crippen LogP contribution is 2.40. The quantitative estimate of drug-likeness (QED) is 0.508. The van der Waals surface area contributed by atoms with Gasteiger partial charge in [-0.15, -0.1) is 0 Å². The highest BCUT2D eigenvalue weighted by molar-refractivity contribution is 9.08. The fourth-order valence-electron chi connectivity index (χ4n) is 1.47. The van der Waals surface area contributed by atoms with Gasteiger partial charge in [-0.25, -0.2) is 0 Å².